The average Bonchev–Trinajstić information content (AvgIpc) is 3.19. The number of hydrogen-bond donors (Lipinski definition) is 1. The van der Waals surface area contributed by atoms with E-state index in [9.17, 15) is 4.79 Å². The maximum atomic E-state index is 12.8. The molecule has 1 saturated heterocycles. The van der Waals surface area contributed by atoms with E-state index < -0.39 is 0 Å². The van der Waals surface area contributed by atoms with Gasteiger partial charge in [-0.3, -0.25) is 4.79 Å². The number of carbonyl (C=O) groups excluding carboxylic acids is 1. The molecule has 164 valence electrons. The lowest BCUT2D eigenvalue weighted by molar-refractivity contribution is -0.116. The Morgan fingerprint density at radius 2 is 1.94 bits per heavy atom. The Kier molecular flexibility index (Phi) is 6.23. The molecule has 0 radical (unpaired) electrons. The van der Waals surface area contributed by atoms with Crippen molar-refractivity contribution in [3.63, 3.8) is 0 Å². The molecule has 1 aliphatic rings. The number of amides is 1. The number of benzene rings is 1. The largest absolute Gasteiger partial charge is 0.378 e. The number of fused-ring (bicyclic) bond motifs is 1. The third-order valence-corrected chi connectivity index (χ3v) is 5.96. The van der Waals surface area contributed by atoms with Gasteiger partial charge in [-0.15, -0.1) is 0 Å². The number of ether oxygens (including phenoxy) is 1. The van der Waals surface area contributed by atoms with E-state index in [-0.39, 0.29) is 11.9 Å². The van der Waals surface area contributed by atoms with Crippen LogP contribution in [0.15, 0.2) is 30.5 Å². The summed E-state index contributed by atoms with van der Waals surface area (Å²) in [6, 6.07) is 8.24. The molecule has 7 heteroatoms. The Balaban J connectivity index is 1.48. The predicted octanol–water partition coefficient (Wildman–Crippen LogP) is 4.04. The van der Waals surface area contributed by atoms with Crippen LogP contribution in [0.25, 0.3) is 11.0 Å². The highest BCUT2D eigenvalue weighted by Crippen LogP contribution is 2.28. The van der Waals surface area contributed by atoms with Gasteiger partial charge < -0.3 is 15.0 Å². The Hall–Kier alpha value is -2.93. The molecule has 3 aromatic rings. The van der Waals surface area contributed by atoms with E-state index >= 15 is 0 Å². The summed E-state index contributed by atoms with van der Waals surface area (Å²) in [5.41, 5.74) is 6.08. The van der Waals surface area contributed by atoms with Crippen LogP contribution >= 0.6 is 0 Å². The van der Waals surface area contributed by atoms with Crippen molar-refractivity contribution in [2.75, 3.05) is 36.5 Å². The van der Waals surface area contributed by atoms with Gasteiger partial charge in [0.15, 0.2) is 5.65 Å². The Labute approximate surface area is 183 Å². The molecule has 0 bridgehead atoms. The summed E-state index contributed by atoms with van der Waals surface area (Å²) in [7, 11) is 0. The van der Waals surface area contributed by atoms with Gasteiger partial charge in [-0.05, 0) is 57.4 Å². The minimum Gasteiger partial charge on any atom is -0.378 e. The van der Waals surface area contributed by atoms with Gasteiger partial charge in [0, 0.05) is 36.6 Å². The zero-order chi connectivity index (χ0) is 22.0. The van der Waals surface area contributed by atoms with Crippen LogP contribution in [0, 0.1) is 13.8 Å². The lowest BCUT2D eigenvalue weighted by atomic mass is 10.0. The normalized spacial score (nSPS) is 14.4. The SMILES string of the molecule is Cc1nc2c(cnn2C(C)C)c(C)c1CCC(=O)Nc1ccccc1N1CCOCC1. The van der Waals surface area contributed by atoms with E-state index in [2.05, 4.69) is 42.2 Å². The second-order valence-electron chi connectivity index (χ2n) is 8.39. The third-order valence-electron chi connectivity index (χ3n) is 5.96. The van der Waals surface area contributed by atoms with Crippen LogP contribution in [-0.4, -0.2) is 47.0 Å². The average molecular weight is 422 g/mol. The van der Waals surface area contributed by atoms with Gasteiger partial charge in [-0.1, -0.05) is 12.1 Å². The molecule has 0 aliphatic carbocycles. The fraction of sp³-hybridized carbons (Fsp3) is 0.458. The van der Waals surface area contributed by atoms with Crippen molar-refractivity contribution in [2.45, 2.75) is 46.6 Å². The quantitative estimate of drug-likeness (QED) is 0.650. The van der Waals surface area contributed by atoms with E-state index in [0.717, 1.165) is 52.3 Å². The highest BCUT2D eigenvalue weighted by atomic mass is 16.5. The van der Waals surface area contributed by atoms with Gasteiger partial charge in [0.05, 0.1) is 30.8 Å². The lowest BCUT2D eigenvalue weighted by Gasteiger charge is -2.30. The molecule has 0 saturated carbocycles. The molecule has 0 unspecified atom stereocenters. The number of aryl methyl sites for hydroxylation is 2. The van der Waals surface area contributed by atoms with Crippen molar-refractivity contribution >= 4 is 28.3 Å². The van der Waals surface area contributed by atoms with Gasteiger partial charge in [0.1, 0.15) is 0 Å². The number of morpholine rings is 1. The molecule has 3 heterocycles. The van der Waals surface area contributed by atoms with Gasteiger partial charge in [0.25, 0.3) is 0 Å². The molecular weight excluding hydrogens is 390 g/mol. The molecule has 1 fully saturated rings. The number of anilines is 2. The summed E-state index contributed by atoms with van der Waals surface area (Å²) in [5.74, 6) is 0.0116. The maximum Gasteiger partial charge on any atom is 0.224 e. The van der Waals surface area contributed by atoms with Crippen LogP contribution in [0.2, 0.25) is 0 Å². The van der Waals surface area contributed by atoms with Crippen molar-refractivity contribution in [1.29, 1.82) is 0 Å². The number of carbonyl (C=O) groups is 1. The fourth-order valence-corrected chi connectivity index (χ4v) is 4.25. The standard InChI is InChI=1S/C24H31N5O2/c1-16(2)29-24-20(15-25-29)17(3)19(18(4)26-24)9-10-23(30)27-21-7-5-6-8-22(21)28-11-13-31-14-12-28/h5-8,15-16H,9-14H2,1-4H3,(H,27,30). The minimum atomic E-state index is 0.0116. The third kappa shape index (κ3) is 4.42. The summed E-state index contributed by atoms with van der Waals surface area (Å²) in [6.07, 6.45) is 2.95. The second kappa shape index (κ2) is 9.06. The Bertz CT molecular complexity index is 1080. The molecule has 2 aromatic heterocycles. The molecular formula is C24H31N5O2. The zero-order valence-electron chi connectivity index (χ0n) is 18.8. The highest BCUT2D eigenvalue weighted by Gasteiger charge is 2.18. The lowest BCUT2D eigenvalue weighted by Crippen LogP contribution is -2.36. The summed E-state index contributed by atoms with van der Waals surface area (Å²) >= 11 is 0. The van der Waals surface area contributed by atoms with Gasteiger partial charge >= 0.3 is 0 Å². The number of nitrogens with zero attached hydrogens (tertiary/aromatic N) is 4. The highest BCUT2D eigenvalue weighted by molar-refractivity contribution is 5.94. The Morgan fingerprint density at radius 3 is 2.68 bits per heavy atom. The first-order chi connectivity index (χ1) is 15.0. The van der Waals surface area contributed by atoms with Crippen LogP contribution in [0.5, 0.6) is 0 Å². The number of hydrogen-bond acceptors (Lipinski definition) is 5. The van der Waals surface area contributed by atoms with Crippen LogP contribution in [-0.2, 0) is 16.0 Å². The summed E-state index contributed by atoms with van der Waals surface area (Å²) in [4.78, 5) is 19.9. The summed E-state index contributed by atoms with van der Waals surface area (Å²) < 4.78 is 7.41. The van der Waals surface area contributed by atoms with E-state index in [4.69, 9.17) is 9.72 Å². The molecule has 0 atom stereocenters. The first-order valence-electron chi connectivity index (χ1n) is 11.0. The van der Waals surface area contributed by atoms with E-state index in [0.29, 0.717) is 26.1 Å². The molecule has 7 nitrogen and oxygen atoms in total. The smallest absolute Gasteiger partial charge is 0.224 e. The van der Waals surface area contributed by atoms with Gasteiger partial charge in [0.2, 0.25) is 5.91 Å². The van der Waals surface area contributed by atoms with Gasteiger partial charge in [-0.25, -0.2) is 9.67 Å². The molecule has 1 aromatic carbocycles. The van der Waals surface area contributed by atoms with Crippen LogP contribution in [0.1, 0.15) is 43.1 Å². The van der Waals surface area contributed by atoms with Crippen molar-refractivity contribution in [3.05, 3.63) is 47.3 Å². The topological polar surface area (TPSA) is 72.3 Å². The van der Waals surface area contributed by atoms with Gasteiger partial charge in [-0.2, -0.15) is 5.10 Å². The predicted molar refractivity (Wildman–Crippen MR) is 124 cm³/mol. The fourth-order valence-electron chi connectivity index (χ4n) is 4.25. The van der Waals surface area contributed by atoms with Crippen LogP contribution in [0.3, 0.4) is 0 Å². The molecule has 1 N–H and O–H groups in total. The summed E-state index contributed by atoms with van der Waals surface area (Å²) in [5, 5.41) is 8.68. The van der Waals surface area contributed by atoms with Crippen molar-refractivity contribution in [2.24, 2.45) is 0 Å². The molecule has 0 spiro atoms. The van der Waals surface area contributed by atoms with Crippen molar-refractivity contribution < 1.29 is 9.53 Å². The number of nitrogens with one attached hydrogen (secondary N) is 1. The number of aromatic nitrogens is 3. The molecule has 1 amide bonds. The second-order valence-corrected chi connectivity index (χ2v) is 8.39. The Morgan fingerprint density at radius 1 is 1.19 bits per heavy atom. The maximum absolute atomic E-state index is 12.8. The number of rotatable bonds is 6. The number of para-hydroxylation sites is 2. The molecule has 1 aliphatic heterocycles. The van der Waals surface area contributed by atoms with Crippen LogP contribution < -0.4 is 10.2 Å². The first-order valence-corrected chi connectivity index (χ1v) is 11.0. The van der Waals surface area contributed by atoms with E-state index in [1.807, 2.05) is 36.0 Å². The molecule has 4 rings (SSSR count). The van der Waals surface area contributed by atoms with Crippen LogP contribution in [0.4, 0.5) is 11.4 Å². The van der Waals surface area contributed by atoms with E-state index in [1.54, 1.807) is 0 Å². The monoisotopic (exact) mass is 421 g/mol. The minimum absolute atomic E-state index is 0.0116. The van der Waals surface area contributed by atoms with E-state index in [1.165, 1.54) is 0 Å². The first kappa shape index (κ1) is 21.3. The summed E-state index contributed by atoms with van der Waals surface area (Å²) in [6.45, 7) is 11.4. The number of pyridine rings is 1. The van der Waals surface area contributed by atoms with Crippen molar-refractivity contribution in [3.8, 4) is 0 Å². The van der Waals surface area contributed by atoms with Crippen molar-refractivity contribution in [1.82, 2.24) is 14.8 Å². The zero-order valence-corrected chi connectivity index (χ0v) is 18.8. The molecule has 31 heavy (non-hydrogen) atoms.